The summed E-state index contributed by atoms with van der Waals surface area (Å²) in [5.41, 5.74) is 4.72. The Hall–Kier alpha value is -1.26. The lowest BCUT2D eigenvalue weighted by atomic mass is 9.98. The van der Waals surface area contributed by atoms with Gasteiger partial charge in [-0.05, 0) is 36.2 Å². The summed E-state index contributed by atoms with van der Waals surface area (Å²) in [6.07, 6.45) is 0.646. The summed E-state index contributed by atoms with van der Waals surface area (Å²) >= 11 is 12.3. The summed E-state index contributed by atoms with van der Waals surface area (Å²) in [5, 5.41) is 1.36. The highest BCUT2D eigenvalue weighted by Gasteiger charge is 2.17. The topological polar surface area (TPSA) is 47.3 Å². The molecule has 106 valence electrons. The lowest BCUT2D eigenvalue weighted by Crippen LogP contribution is -2.30. The maximum Gasteiger partial charge on any atom is 0.123 e. The maximum absolute atomic E-state index is 6.19. The molecule has 2 rings (SSSR count). The smallest absolute Gasteiger partial charge is 0.123 e. The predicted molar refractivity (Wildman–Crippen MR) is 83.2 cm³/mol. The number of halogens is 2. The van der Waals surface area contributed by atoms with Gasteiger partial charge in [0.1, 0.15) is 5.75 Å². The predicted octanol–water partition coefficient (Wildman–Crippen LogP) is 3.75. The Kier molecular flexibility index (Phi) is 5.26. The van der Waals surface area contributed by atoms with E-state index in [0.29, 0.717) is 16.5 Å². The second kappa shape index (κ2) is 6.95. The first-order chi connectivity index (χ1) is 9.65. The van der Waals surface area contributed by atoms with Crippen LogP contribution in [0.5, 0.6) is 5.75 Å². The molecule has 0 aliphatic rings. The van der Waals surface area contributed by atoms with Gasteiger partial charge in [-0.1, -0.05) is 41.4 Å². The van der Waals surface area contributed by atoms with Gasteiger partial charge in [0.15, 0.2) is 0 Å². The molecule has 0 radical (unpaired) electrons. The molecule has 0 spiro atoms. The second-order valence-corrected chi connectivity index (χ2v) is 5.24. The molecule has 0 amide bonds. The standard InChI is InChI=1S/C15H16Cl2N2O/c1-20-15-7-6-11(16)9-12(15)14(19-18)8-10-4-2-3-5-13(10)17/h2-7,9,14,19H,8,18H2,1H3. The van der Waals surface area contributed by atoms with E-state index in [1.807, 2.05) is 36.4 Å². The Labute approximate surface area is 128 Å². The van der Waals surface area contributed by atoms with Crippen LogP contribution in [0.25, 0.3) is 0 Å². The van der Waals surface area contributed by atoms with Crippen LogP contribution in [0.1, 0.15) is 17.2 Å². The van der Waals surface area contributed by atoms with E-state index in [1.165, 1.54) is 0 Å². The van der Waals surface area contributed by atoms with Crippen LogP contribution in [0.15, 0.2) is 42.5 Å². The van der Waals surface area contributed by atoms with Gasteiger partial charge in [-0.3, -0.25) is 11.3 Å². The first-order valence-corrected chi connectivity index (χ1v) is 6.94. The summed E-state index contributed by atoms with van der Waals surface area (Å²) in [4.78, 5) is 0. The third-order valence-corrected chi connectivity index (χ3v) is 3.75. The highest BCUT2D eigenvalue weighted by molar-refractivity contribution is 6.31. The Bertz CT molecular complexity index is 590. The summed E-state index contributed by atoms with van der Waals surface area (Å²) in [6, 6.07) is 13.0. The van der Waals surface area contributed by atoms with E-state index in [1.54, 1.807) is 13.2 Å². The van der Waals surface area contributed by atoms with Crippen molar-refractivity contribution >= 4 is 23.2 Å². The summed E-state index contributed by atoms with van der Waals surface area (Å²) < 4.78 is 5.36. The minimum Gasteiger partial charge on any atom is -0.496 e. The molecule has 5 heteroatoms. The van der Waals surface area contributed by atoms with Gasteiger partial charge in [-0.25, -0.2) is 0 Å². The minimum atomic E-state index is -0.136. The maximum atomic E-state index is 6.19. The zero-order valence-electron chi connectivity index (χ0n) is 11.1. The highest BCUT2D eigenvalue weighted by atomic mass is 35.5. The Balaban J connectivity index is 2.33. The molecule has 0 bridgehead atoms. The molecule has 0 aromatic heterocycles. The van der Waals surface area contributed by atoms with E-state index in [9.17, 15) is 0 Å². The van der Waals surface area contributed by atoms with Crippen molar-refractivity contribution in [2.24, 2.45) is 5.84 Å². The molecule has 0 aliphatic heterocycles. The molecule has 20 heavy (non-hydrogen) atoms. The molecule has 2 aromatic carbocycles. The summed E-state index contributed by atoms with van der Waals surface area (Å²) in [5.74, 6) is 6.42. The van der Waals surface area contributed by atoms with Crippen LogP contribution in [0.3, 0.4) is 0 Å². The number of nitrogens with two attached hydrogens (primary N) is 1. The van der Waals surface area contributed by atoms with Crippen molar-refractivity contribution in [3.05, 3.63) is 63.6 Å². The molecule has 0 saturated carbocycles. The molecular weight excluding hydrogens is 295 g/mol. The number of ether oxygens (including phenoxy) is 1. The Morgan fingerprint density at radius 3 is 2.60 bits per heavy atom. The fourth-order valence-corrected chi connectivity index (χ4v) is 2.51. The molecule has 0 heterocycles. The third kappa shape index (κ3) is 3.44. The normalized spacial score (nSPS) is 12.2. The van der Waals surface area contributed by atoms with Crippen molar-refractivity contribution < 1.29 is 4.74 Å². The van der Waals surface area contributed by atoms with Crippen molar-refractivity contribution in [2.75, 3.05) is 7.11 Å². The van der Waals surface area contributed by atoms with Crippen LogP contribution in [-0.2, 0) is 6.42 Å². The van der Waals surface area contributed by atoms with Gasteiger partial charge in [0, 0.05) is 15.6 Å². The Morgan fingerprint density at radius 2 is 1.95 bits per heavy atom. The van der Waals surface area contributed by atoms with Crippen LogP contribution in [0.4, 0.5) is 0 Å². The van der Waals surface area contributed by atoms with E-state index < -0.39 is 0 Å². The fourth-order valence-electron chi connectivity index (χ4n) is 2.12. The van der Waals surface area contributed by atoms with Crippen molar-refractivity contribution in [3.63, 3.8) is 0 Å². The molecule has 3 nitrogen and oxygen atoms in total. The monoisotopic (exact) mass is 310 g/mol. The molecule has 3 N–H and O–H groups in total. The number of hydrazine groups is 1. The highest BCUT2D eigenvalue weighted by Crippen LogP contribution is 2.31. The van der Waals surface area contributed by atoms with Crippen molar-refractivity contribution in [1.29, 1.82) is 0 Å². The van der Waals surface area contributed by atoms with E-state index >= 15 is 0 Å². The number of benzene rings is 2. The van der Waals surface area contributed by atoms with Crippen LogP contribution in [0, 0.1) is 0 Å². The molecule has 0 saturated heterocycles. The molecule has 1 unspecified atom stereocenters. The van der Waals surface area contributed by atoms with Crippen molar-refractivity contribution in [2.45, 2.75) is 12.5 Å². The minimum absolute atomic E-state index is 0.136. The molecular formula is C15H16Cl2N2O. The molecule has 2 aromatic rings. The van der Waals surface area contributed by atoms with Gasteiger partial charge in [-0.2, -0.15) is 0 Å². The Morgan fingerprint density at radius 1 is 1.20 bits per heavy atom. The van der Waals surface area contributed by atoms with E-state index in [2.05, 4.69) is 5.43 Å². The number of hydrogen-bond donors (Lipinski definition) is 2. The second-order valence-electron chi connectivity index (χ2n) is 4.40. The fraction of sp³-hybridized carbons (Fsp3) is 0.200. The third-order valence-electron chi connectivity index (χ3n) is 3.15. The average molecular weight is 311 g/mol. The molecule has 0 aliphatic carbocycles. The number of methoxy groups -OCH3 is 1. The first kappa shape index (κ1) is 15.1. The van der Waals surface area contributed by atoms with E-state index in [-0.39, 0.29) is 6.04 Å². The van der Waals surface area contributed by atoms with Crippen LogP contribution >= 0.6 is 23.2 Å². The van der Waals surface area contributed by atoms with Crippen LogP contribution in [0.2, 0.25) is 10.0 Å². The van der Waals surface area contributed by atoms with Gasteiger partial charge < -0.3 is 4.74 Å². The molecule has 1 atom stereocenters. The van der Waals surface area contributed by atoms with Gasteiger partial charge in [-0.15, -0.1) is 0 Å². The van der Waals surface area contributed by atoms with Crippen LogP contribution in [-0.4, -0.2) is 7.11 Å². The zero-order valence-corrected chi connectivity index (χ0v) is 12.6. The summed E-state index contributed by atoms with van der Waals surface area (Å²) in [6.45, 7) is 0. The largest absolute Gasteiger partial charge is 0.496 e. The quantitative estimate of drug-likeness (QED) is 0.653. The number of nitrogens with one attached hydrogen (secondary N) is 1. The summed E-state index contributed by atoms with van der Waals surface area (Å²) in [7, 11) is 1.62. The number of hydrogen-bond acceptors (Lipinski definition) is 3. The van der Waals surface area contributed by atoms with Gasteiger partial charge >= 0.3 is 0 Å². The van der Waals surface area contributed by atoms with Crippen molar-refractivity contribution in [1.82, 2.24) is 5.43 Å². The average Bonchev–Trinajstić information content (AvgIpc) is 2.46. The zero-order chi connectivity index (χ0) is 14.5. The van der Waals surface area contributed by atoms with Crippen molar-refractivity contribution in [3.8, 4) is 5.75 Å². The van der Waals surface area contributed by atoms with Gasteiger partial charge in [0.05, 0.1) is 13.2 Å². The van der Waals surface area contributed by atoms with E-state index in [0.717, 1.165) is 16.9 Å². The SMILES string of the molecule is COc1ccc(Cl)cc1C(Cc1ccccc1Cl)NN. The number of rotatable bonds is 5. The lowest BCUT2D eigenvalue weighted by Gasteiger charge is -2.20. The first-order valence-electron chi connectivity index (χ1n) is 6.18. The van der Waals surface area contributed by atoms with Crippen LogP contribution < -0.4 is 16.0 Å². The van der Waals surface area contributed by atoms with E-state index in [4.69, 9.17) is 33.8 Å². The molecule has 0 fully saturated rings. The van der Waals surface area contributed by atoms with Gasteiger partial charge in [0.25, 0.3) is 0 Å². The van der Waals surface area contributed by atoms with Gasteiger partial charge in [0.2, 0.25) is 0 Å². The lowest BCUT2D eigenvalue weighted by molar-refractivity contribution is 0.399.